The molecular formula is C18H21FN2O2. The van der Waals surface area contributed by atoms with E-state index in [1.165, 1.54) is 6.07 Å². The zero-order valence-corrected chi connectivity index (χ0v) is 13.3. The number of benzene rings is 2. The molecule has 0 fully saturated rings. The maximum absolute atomic E-state index is 13.5. The summed E-state index contributed by atoms with van der Waals surface area (Å²) in [6.45, 7) is 3.86. The minimum atomic E-state index is -0.401. The second kappa shape index (κ2) is 7.74. The van der Waals surface area contributed by atoms with Gasteiger partial charge in [0.05, 0.1) is 6.04 Å². The van der Waals surface area contributed by atoms with Gasteiger partial charge in [0.25, 0.3) is 0 Å². The summed E-state index contributed by atoms with van der Waals surface area (Å²) in [5, 5.41) is 3.12. The molecule has 4 nitrogen and oxygen atoms in total. The Morgan fingerprint density at radius 1 is 1.17 bits per heavy atom. The van der Waals surface area contributed by atoms with Gasteiger partial charge in [-0.05, 0) is 37.6 Å². The maximum atomic E-state index is 13.5. The van der Waals surface area contributed by atoms with Crippen LogP contribution in [0.3, 0.4) is 0 Å². The van der Waals surface area contributed by atoms with Crippen LogP contribution in [-0.4, -0.2) is 11.9 Å². The Morgan fingerprint density at radius 3 is 2.43 bits per heavy atom. The third-order valence-corrected chi connectivity index (χ3v) is 3.66. The molecule has 0 saturated carbocycles. The maximum Gasteiger partial charge on any atom is 0.234 e. The predicted molar refractivity (Wildman–Crippen MR) is 87.4 cm³/mol. The molecule has 0 aliphatic carbocycles. The van der Waals surface area contributed by atoms with Gasteiger partial charge >= 0.3 is 0 Å². The van der Waals surface area contributed by atoms with Crippen molar-refractivity contribution in [3.63, 3.8) is 0 Å². The summed E-state index contributed by atoms with van der Waals surface area (Å²) < 4.78 is 19.1. The first-order valence-corrected chi connectivity index (χ1v) is 7.49. The van der Waals surface area contributed by atoms with Gasteiger partial charge in [0.2, 0.25) is 5.91 Å². The second-order valence-electron chi connectivity index (χ2n) is 5.46. The van der Waals surface area contributed by atoms with E-state index in [4.69, 9.17) is 10.5 Å². The normalized spacial score (nSPS) is 13.3. The minimum Gasteiger partial charge on any atom is -0.489 e. The van der Waals surface area contributed by atoms with Gasteiger partial charge in [-0.3, -0.25) is 10.1 Å². The van der Waals surface area contributed by atoms with Crippen molar-refractivity contribution < 1.29 is 13.9 Å². The van der Waals surface area contributed by atoms with Crippen LogP contribution in [0.1, 0.15) is 31.0 Å². The highest BCUT2D eigenvalue weighted by molar-refractivity contribution is 5.79. The molecule has 23 heavy (non-hydrogen) atoms. The van der Waals surface area contributed by atoms with E-state index in [-0.39, 0.29) is 24.4 Å². The lowest BCUT2D eigenvalue weighted by Crippen LogP contribution is -2.39. The first kappa shape index (κ1) is 17.0. The van der Waals surface area contributed by atoms with Gasteiger partial charge in [-0.1, -0.05) is 30.3 Å². The molecule has 2 unspecified atom stereocenters. The van der Waals surface area contributed by atoms with Gasteiger partial charge in [0.15, 0.2) is 0 Å². The molecule has 0 radical (unpaired) electrons. The Balaban J connectivity index is 1.94. The quantitative estimate of drug-likeness (QED) is 0.825. The van der Waals surface area contributed by atoms with Crippen LogP contribution in [0, 0.1) is 5.82 Å². The first-order valence-electron chi connectivity index (χ1n) is 7.49. The van der Waals surface area contributed by atoms with Crippen molar-refractivity contribution in [2.45, 2.75) is 32.5 Å². The standard InChI is InChI=1S/C18H21FN2O2/c1-12(21-13(2)18(20)22)14-7-9-16(10-8-14)23-11-15-5-3-4-6-17(15)19/h3-10,12-13,21H,11H2,1-2H3,(H2,20,22). The van der Waals surface area contributed by atoms with E-state index in [1.54, 1.807) is 25.1 Å². The van der Waals surface area contributed by atoms with Crippen LogP contribution in [0.2, 0.25) is 0 Å². The van der Waals surface area contributed by atoms with Crippen LogP contribution in [0.4, 0.5) is 4.39 Å². The predicted octanol–water partition coefficient (Wildman–Crippen LogP) is 2.93. The van der Waals surface area contributed by atoms with Crippen LogP contribution in [0.15, 0.2) is 48.5 Å². The van der Waals surface area contributed by atoms with Crippen LogP contribution in [0.5, 0.6) is 5.75 Å². The lowest BCUT2D eigenvalue weighted by atomic mass is 10.1. The van der Waals surface area contributed by atoms with Crippen molar-refractivity contribution >= 4 is 5.91 Å². The summed E-state index contributed by atoms with van der Waals surface area (Å²) in [6.07, 6.45) is 0. The van der Waals surface area contributed by atoms with Crippen LogP contribution >= 0.6 is 0 Å². The first-order chi connectivity index (χ1) is 11.0. The number of amides is 1. The van der Waals surface area contributed by atoms with E-state index in [2.05, 4.69) is 5.32 Å². The average molecular weight is 316 g/mol. The number of ether oxygens (including phenoxy) is 1. The lowest BCUT2D eigenvalue weighted by Gasteiger charge is -2.18. The fraction of sp³-hybridized carbons (Fsp3) is 0.278. The van der Waals surface area contributed by atoms with Gasteiger partial charge in [-0.2, -0.15) is 0 Å². The fourth-order valence-electron chi connectivity index (χ4n) is 2.18. The van der Waals surface area contributed by atoms with E-state index in [1.807, 2.05) is 31.2 Å². The van der Waals surface area contributed by atoms with Gasteiger partial charge in [0.1, 0.15) is 18.2 Å². The molecule has 0 heterocycles. The zero-order chi connectivity index (χ0) is 16.8. The molecule has 0 saturated heterocycles. The van der Waals surface area contributed by atoms with E-state index in [0.29, 0.717) is 11.3 Å². The van der Waals surface area contributed by atoms with Crippen LogP contribution in [0.25, 0.3) is 0 Å². The highest BCUT2D eigenvalue weighted by Crippen LogP contribution is 2.19. The molecule has 0 aliphatic rings. The zero-order valence-electron chi connectivity index (χ0n) is 13.3. The van der Waals surface area contributed by atoms with Crippen LogP contribution in [-0.2, 0) is 11.4 Å². The number of rotatable bonds is 7. The smallest absolute Gasteiger partial charge is 0.234 e. The highest BCUT2D eigenvalue weighted by atomic mass is 19.1. The molecule has 3 N–H and O–H groups in total. The molecule has 2 atom stereocenters. The molecule has 0 spiro atoms. The molecule has 122 valence electrons. The molecule has 0 bridgehead atoms. The molecule has 0 aromatic heterocycles. The van der Waals surface area contributed by atoms with E-state index < -0.39 is 6.04 Å². The van der Waals surface area contributed by atoms with Gasteiger partial charge in [0, 0.05) is 11.6 Å². The number of halogens is 1. The molecule has 2 aromatic carbocycles. The van der Waals surface area contributed by atoms with E-state index >= 15 is 0 Å². The second-order valence-corrected chi connectivity index (χ2v) is 5.46. The molecule has 1 amide bonds. The monoisotopic (exact) mass is 316 g/mol. The molecule has 5 heteroatoms. The third-order valence-electron chi connectivity index (χ3n) is 3.66. The number of hydrogen-bond donors (Lipinski definition) is 2. The van der Waals surface area contributed by atoms with E-state index in [9.17, 15) is 9.18 Å². The SMILES string of the molecule is CC(NC(C)c1ccc(OCc2ccccc2F)cc1)C(N)=O. The molecule has 2 rings (SSSR count). The Labute approximate surface area is 135 Å². The summed E-state index contributed by atoms with van der Waals surface area (Å²) in [5.74, 6) is -0.00349. The summed E-state index contributed by atoms with van der Waals surface area (Å²) in [5.41, 5.74) is 6.77. The molecule has 0 aliphatic heterocycles. The van der Waals surface area contributed by atoms with Crippen molar-refractivity contribution in [3.8, 4) is 5.75 Å². The van der Waals surface area contributed by atoms with Crippen molar-refractivity contribution in [1.29, 1.82) is 0 Å². The number of nitrogens with one attached hydrogen (secondary N) is 1. The topological polar surface area (TPSA) is 64.3 Å². The number of hydrogen-bond acceptors (Lipinski definition) is 3. The number of primary amides is 1. The summed E-state index contributed by atoms with van der Waals surface area (Å²) in [6, 6.07) is 13.6. The van der Waals surface area contributed by atoms with E-state index in [0.717, 1.165) is 5.56 Å². The van der Waals surface area contributed by atoms with Crippen molar-refractivity contribution in [2.24, 2.45) is 5.73 Å². The Kier molecular flexibility index (Phi) is 5.71. The number of nitrogens with two attached hydrogens (primary N) is 1. The fourth-order valence-corrected chi connectivity index (χ4v) is 2.18. The summed E-state index contributed by atoms with van der Waals surface area (Å²) >= 11 is 0. The Hall–Kier alpha value is -2.40. The van der Waals surface area contributed by atoms with Crippen LogP contribution < -0.4 is 15.8 Å². The number of carbonyl (C=O) groups is 1. The number of carbonyl (C=O) groups excluding carboxylic acids is 1. The van der Waals surface area contributed by atoms with Crippen molar-refractivity contribution in [3.05, 3.63) is 65.5 Å². The highest BCUT2D eigenvalue weighted by Gasteiger charge is 2.13. The summed E-state index contributed by atoms with van der Waals surface area (Å²) in [7, 11) is 0. The average Bonchev–Trinajstić information content (AvgIpc) is 2.54. The van der Waals surface area contributed by atoms with Gasteiger partial charge < -0.3 is 10.5 Å². The molecular weight excluding hydrogens is 295 g/mol. The molecule has 2 aromatic rings. The third kappa shape index (κ3) is 4.79. The van der Waals surface area contributed by atoms with Gasteiger partial charge in [-0.25, -0.2) is 4.39 Å². The van der Waals surface area contributed by atoms with Gasteiger partial charge in [-0.15, -0.1) is 0 Å². The van der Waals surface area contributed by atoms with Crippen molar-refractivity contribution in [2.75, 3.05) is 0 Å². The lowest BCUT2D eigenvalue weighted by molar-refractivity contribution is -0.119. The Morgan fingerprint density at radius 2 is 1.83 bits per heavy atom. The summed E-state index contributed by atoms with van der Waals surface area (Å²) in [4.78, 5) is 11.1. The van der Waals surface area contributed by atoms with Crippen molar-refractivity contribution in [1.82, 2.24) is 5.32 Å². The largest absolute Gasteiger partial charge is 0.489 e. The Bertz CT molecular complexity index is 658. The minimum absolute atomic E-state index is 0.0156.